The van der Waals surface area contributed by atoms with Crippen LogP contribution in [-0.2, 0) is 0 Å². The van der Waals surface area contributed by atoms with Gasteiger partial charge in [-0.05, 0) is 44.5 Å². The quantitative estimate of drug-likeness (QED) is 0.866. The van der Waals surface area contributed by atoms with E-state index in [1.165, 1.54) is 5.56 Å². The van der Waals surface area contributed by atoms with Crippen LogP contribution in [0.2, 0.25) is 0 Å². The number of thiazole rings is 1. The van der Waals surface area contributed by atoms with Crippen LogP contribution in [0.25, 0.3) is 10.6 Å². The number of nitrogens with zero attached hydrogens (tertiary/aromatic N) is 1. The summed E-state index contributed by atoms with van der Waals surface area (Å²) in [7, 11) is 1.71. The van der Waals surface area contributed by atoms with Crippen molar-refractivity contribution in [2.45, 2.75) is 33.2 Å². The first kappa shape index (κ1) is 15.0. The van der Waals surface area contributed by atoms with Gasteiger partial charge in [-0.3, -0.25) is 0 Å². The van der Waals surface area contributed by atoms with Crippen molar-refractivity contribution in [2.24, 2.45) is 0 Å². The summed E-state index contributed by atoms with van der Waals surface area (Å²) in [4.78, 5) is 4.75. The smallest absolute Gasteiger partial charge is 0.129 e. The third-order valence-electron chi connectivity index (χ3n) is 3.25. The lowest BCUT2D eigenvalue weighted by Crippen LogP contribution is -2.19. The Bertz CT molecular complexity index is 565. The molecule has 1 aromatic heterocycles. The van der Waals surface area contributed by atoms with Gasteiger partial charge in [0.15, 0.2) is 0 Å². The van der Waals surface area contributed by atoms with Gasteiger partial charge in [0.05, 0.1) is 18.4 Å². The topological polar surface area (TPSA) is 34.1 Å². The van der Waals surface area contributed by atoms with Gasteiger partial charge in [0.1, 0.15) is 10.8 Å². The minimum Gasteiger partial charge on any atom is -0.496 e. The zero-order chi connectivity index (χ0) is 14.5. The molecular weight excluding hydrogens is 268 g/mol. The lowest BCUT2D eigenvalue weighted by Gasteiger charge is -2.10. The highest BCUT2D eigenvalue weighted by Gasteiger charge is 2.13. The number of methoxy groups -OCH3 is 1. The number of aryl methyl sites for hydroxylation is 1. The number of aromatic nitrogens is 1. The van der Waals surface area contributed by atoms with Gasteiger partial charge in [0.25, 0.3) is 0 Å². The highest BCUT2D eigenvalue weighted by Crippen LogP contribution is 2.33. The van der Waals surface area contributed by atoms with Crippen molar-refractivity contribution in [1.82, 2.24) is 10.3 Å². The van der Waals surface area contributed by atoms with E-state index >= 15 is 0 Å². The molecule has 2 aromatic rings. The summed E-state index contributed by atoms with van der Waals surface area (Å²) in [5.41, 5.74) is 3.36. The summed E-state index contributed by atoms with van der Waals surface area (Å²) < 4.78 is 5.47. The van der Waals surface area contributed by atoms with Crippen LogP contribution in [0.15, 0.2) is 23.6 Å². The second kappa shape index (κ2) is 6.86. The summed E-state index contributed by atoms with van der Waals surface area (Å²) >= 11 is 1.67. The summed E-state index contributed by atoms with van der Waals surface area (Å²) in [6.07, 6.45) is 1.13. The van der Waals surface area contributed by atoms with Gasteiger partial charge < -0.3 is 10.1 Å². The maximum atomic E-state index is 5.47. The van der Waals surface area contributed by atoms with Crippen molar-refractivity contribution in [3.05, 3.63) is 34.8 Å². The molecule has 0 bridgehead atoms. The molecule has 1 N–H and O–H groups in total. The number of hydrogen-bond acceptors (Lipinski definition) is 4. The average molecular weight is 290 g/mol. The third kappa shape index (κ3) is 3.38. The Morgan fingerprint density at radius 2 is 2.20 bits per heavy atom. The van der Waals surface area contributed by atoms with Gasteiger partial charge in [-0.2, -0.15) is 0 Å². The summed E-state index contributed by atoms with van der Waals surface area (Å²) in [6, 6.07) is 6.52. The second-order valence-electron chi connectivity index (χ2n) is 4.96. The molecular formula is C16H22N2OS. The summed E-state index contributed by atoms with van der Waals surface area (Å²) in [5.74, 6) is 0.889. The SMILES string of the molecule is CCCNC(C)c1csc(-c2ccc(C)cc2OC)n1. The van der Waals surface area contributed by atoms with Crippen LogP contribution in [0.5, 0.6) is 5.75 Å². The van der Waals surface area contributed by atoms with Gasteiger partial charge in [0, 0.05) is 11.4 Å². The van der Waals surface area contributed by atoms with Crippen molar-refractivity contribution in [3.63, 3.8) is 0 Å². The van der Waals surface area contributed by atoms with E-state index in [9.17, 15) is 0 Å². The minimum atomic E-state index is 0.288. The molecule has 0 spiro atoms. The van der Waals surface area contributed by atoms with E-state index in [4.69, 9.17) is 9.72 Å². The first-order chi connectivity index (χ1) is 9.65. The van der Waals surface area contributed by atoms with Gasteiger partial charge in [0.2, 0.25) is 0 Å². The maximum Gasteiger partial charge on any atom is 0.129 e. The van der Waals surface area contributed by atoms with Crippen LogP contribution in [0.3, 0.4) is 0 Å². The van der Waals surface area contributed by atoms with Crippen LogP contribution in [-0.4, -0.2) is 18.6 Å². The third-order valence-corrected chi connectivity index (χ3v) is 4.15. The summed E-state index contributed by atoms with van der Waals surface area (Å²) in [5, 5.41) is 6.61. The van der Waals surface area contributed by atoms with Crippen molar-refractivity contribution >= 4 is 11.3 Å². The molecule has 3 nitrogen and oxygen atoms in total. The van der Waals surface area contributed by atoms with Crippen LogP contribution in [0, 0.1) is 6.92 Å². The Kier molecular flexibility index (Phi) is 5.15. The molecule has 108 valence electrons. The molecule has 0 fully saturated rings. The van der Waals surface area contributed by atoms with Gasteiger partial charge in [-0.15, -0.1) is 11.3 Å². The molecule has 0 saturated heterocycles. The Labute approximate surface area is 125 Å². The molecule has 0 aliphatic rings. The number of hydrogen-bond donors (Lipinski definition) is 1. The van der Waals surface area contributed by atoms with Crippen LogP contribution >= 0.6 is 11.3 Å². The minimum absolute atomic E-state index is 0.288. The Hall–Kier alpha value is -1.39. The average Bonchev–Trinajstić information content (AvgIpc) is 2.94. The van der Waals surface area contributed by atoms with E-state index < -0.39 is 0 Å². The first-order valence-electron chi connectivity index (χ1n) is 6.99. The molecule has 20 heavy (non-hydrogen) atoms. The van der Waals surface area contributed by atoms with Crippen LogP contribution in [0.4, 0.5) is 0 Å². The van der Waals surface area contributed by atoms with E-state index in [0.29, 0.717) is 0 Å². The highest BCUT2D eigenvalue weighted by atomic mass is 32.1. The van der Waals surface area contributed by atoms with E-state index in [1.807, 2.05) is 0 Å². The molecule has 0 saturated carbocycles. The molecule has 4 heteroatoms. The van der Waals surface area contributed by atoms with Crippen molar-refractivity contribution in [2.75, 3.05) is 13.7 Å². The first-order valence-corrected chi connectivity index (χ1v) is 7.87. The standard InChI is InChI=1S/C16H22N2OS/c1-5-8-17-12(3)14-10-20-16(18-14)13-7-6-11(2)9-15(13)19-4/h6-7,9-10,12,17H,5,8H2,1-4H3. The fourth-order valence-electron chi connectivity index (χ4n) is 2.05. The molecule has 1 aromatic carbocycles. The Morgan fingerprint density at radius 1 is 1.40 bits per heavy atom. The molecule has 0 aliphatic heterocycles. The molecule has 0 aliphatic carbocycles. The number of nitrogens with one attached hydrogen (secondary N) is 1. The van der Waals surface area contributed by atoms with Crippen molar-refractivity contribution in [3.8, 4) is 16.3 Å². The van der Waals surface area contributed by atoms with Crippen molar-refractivity contribution in [1.29, 1.82) is 0 Å². The Balaban J connectivity index is 2.24. The number of benzene rings is 1. The molecule has 0 radical (unpaired) electrons. The number of ether oxygens (including phenoxy) is 1. The lowest BCUT2D eigenvalue weighted by molar-refractivity contribution is 0.416. The molecule has 1 heterocycles. The van der Waals surface area contributed by atoms with Gasteiger partial charge in [-0.1, -0.05) is 13.0 Å². The zero-order valence-electron chi connectivity index (χ0n) is 12.6. The highest BCUT2D eigenvalue weighted by molar-refractivity contribution is 7.13. The largest absolute Gasteiger partial charge is 0.496 e. The normalized spacial score (nSPS) is 12.4. The van der Waals surface area contributed by atoms with Gasteiger partial charge >= 0.3 is 0 Å². The van der Waals surface area contributed by atoms with Crippen LogP contribution in [0.1, 0.15) is 37.6 Å². The molecule has 1 atom stereocenters. The zero-order valence-corrected chi connectivity index (χ0v) is 13.4. The van der Waals surface area contributed by atoms with Gasteiger partial charge in [-0.25, -0.2) is 4.98 Å². The van der Waals surface area contributed by atoms with E-state index in [1.54, 1.807) is 18.4 Å². The van der Waals surface area contributed by atoms with E-state index in [2.05, 4.69) is 49.7 Å². The fourth-order valence-corrected chi connectivity index (χ4v) is 2.99. The van der Waals surface area contributed by atoms with E-state index in [0.717, 1.165) is 35.0 Å². The fraction of sp³-hybridized carbons (Fsp3) is 0.438. The van der Waals surface area contributed by atoms with E-state index in [-0.39, 0.29) is 6.04 Å². The number of rotatable bonds is 6. The molecule has 0 amide bonds. The van der Waals surface area contributed by atoms with Crippen LogP contribution < -0.4 is 10.1 Å². The second-order valence-corrected chi connectivity index (χ2v) is 5.82. The predicted molar refractivity (Wildman–Crippen MR) is 85.5 cm³/mol. The van der Waals surface area contributed by atoms with Crippen molar-refractivity contribution < 1.29 is 4.74 Å². The molecule has 2 rings (SSSR count). The monoisotopic (exact) mass is 290 g/mol. The molecule has 1 unspecified atom stereocenters. The Morgan fingerprint density at radius 3 is 2.90 bits per heavy atom. The maximum absolute atomic E-state index is 5.47. The predicted octanol–water partition coefficient (Wildman–Crippen LogP) is 4.19. The summed E-state index contributed by atoms with van der Waals surface area (Å²) in [6.45, 7) is 7.41. The lowest BCUT2D eigenvalue weighted by atomic mass is 10.1.